The fourth-order valence-electron chi connectivity index (χ4n) is 6.07. The maximum absolute atomic E-state index is 15.1. The van der Waals surface area contributed by atoms with Crippen LogP contribution in [0, 0.1) is 11.8 Å². The molecule has 4 heterocycles. The van der Waals surface area contributed by atoms with Gasteiger partial charge in [-0.25, -0.2) is 17.2 Å². The van der Waals surface area contributed by atoms with Gasteiger partial charge in [-0.15, -0.1) is 0 Å². The Hall–Kier alpha value is -3.06. The first-order valence-electron chi connectivity index (χ1n) is 12.9. The molecule has 3 N–H and O–H groups in total. The largest absolute Gasteiger partial charge is 0.356 e. The number of amides is 3. The highest BCUT2D eigenvalue weighted by atomic mass is 35.5. The van der Waals surface area contributed by atoms with E-state index in [1.54, 1.807) is 18.2 Å². The van der Waals surface area contributed by atoms with Gasteiger partial charge in [-0.05, 0) is 43.9 Å². The summed E-state index contributed by atoms with van der Waals surface area (Å²) < 4.78 is 68.2. The highest BCUT2D eigenvalue weighted by Gasteiger charge is 2.60. The summed E-state index contributed by atoms with van der Waals surface area (Å²) in [4.78, 5) is 43.6. The van der Waals surface area contributed by atoms with E-state index in [9.17, 15) is 27.2 Å². The molecule has 6 rings (SSSR count). The van der Waals surface area contributed by atoms with Crippen molar-refractivity contribution < 1.29 is 36.0 Å². The third-order valence-electron chi connectivity index (χ3n) is 7.99. The van der Waals surface area contributed by atoms with Crippen LogP contribution in [0.15, 0.2) is 35.5 Å². The molecule has 0 unspecified atom stereocenters. The van der Waals surface area contributed by atoms with Crippen LogP contribution in [0.25, 0.3) is 10.9 Å². The number of carbonyl (C=O) groups excluding carboxylic acids is 3. The second-order valence-electron chi connectivity index (χ2n) is 10.7. The van der Waals surface area contributed by atoms with E-state index >= 15 is 8.78 Å². The van der Waals surface area contributed by atoms with Crippen molar-refractivity contribution in [2.45, 2.75) is 56.2 Å². The summed E-state index contributed by atoms with van der Waals surface area (Å²) >= 11 is 6.22. The van der Waals surface area contributed by atoms with Crippen molar-refractivity contribution in [3.05, 3.63) is 46.2 Å². The molecule has 9 nitrogen and oxygen atoms in total. The van der Waals surface area contributed by atoms with E-state index in [-0.39, 0.29) is 30.9 Å². The Morgan fingerprint density at radius 3 is 2.65 bits per heavy atom. The molecule has 1 aliphatic carbocycles. The number of carbonyl (C=O) groups is 3. The second-order valence-corrected chi connectivity index (χ2v) is 13.1. The van der Waals surface area contributed by atoms with E-state index in [1.807, 2.05) is 0 Å². The second kappa shape index (κ2) is 10.4. The minimum absolute atomic E-state index is 0.0126. The van der Waals surface area contributed by atoms with Gasteiger partial charge in [-0.3, -0.25) is 14.4 Å². The Labute approximate surface area is 233 Å². The van der Waals surface area contributed by atoms with Gasteiger partial charge in [0.05, 0.1) is 22.5 Å². The molecule has 0 radical (unpaired) electrons. The zero-order valence-electron chi connectivity index (χ0n) is 21.4. The Kier molecular flexibility index (Phi) is 7.40. The standard InChI is InChI=1S/C26H28ClF3N4O5S/c1-40(38,39)20(28)11-15(9-14-7-8-31-23(14)35)32-24(36)22-17-6-5-16(12-26(17,29)30)34(22)25(37)19-10-13-3-2-4-18(27)21(13)33-19/h2-4,10-11,14-17,22,33H,5-9,12H2,1H3,(H,31,35)(H,32,36)/b20-11-/t14-,15-,16+,17+,22-/m0/s1. The molecule has 1 aromatic heterocycles. The van der Waals surface area contributed by atoms with Crippen LogP contribution < -0.4 is 10.6 Å². The Morgan fingerprint density at radius 2 is 2.02 bits per heavy atom. The quantitative estimate of drug-likeness (QED) is 0.449. The molecule has 3 amide bonds. The van der Waals surface area contributed by atoms with Crippen molar-refractivity contribution in [2.24, 2.45) is 11.8 Å². The number of para-hydroxylation sites is 1. The molecule has 4 fully saturated rings. The first-order chi connectivity index (χ1) is 18.8. The number of alkyl halides is 2. The van der Waals surface area contributed by atoms with Crippen molar-refractivity contribution in [1.82, 2.24) is 20.5 Å². The molecule has 2 bridgehead atoms. The summed E-state index contributed by atoms with van der Waals surface area (Å²) in [6, 6.07) is 2.74. The molecule has 2 aromatic rings. The van der Waals surface area contributed by atoms with Crippen LogP contribution in [0.1, 0.15) is 42.6 Å². The maximum atomic E-state index is 15.1. The number of sulfone groups is 1. The monoisotopic (exact) mass is 600 g/mol. The fourth-order valence-corrected chi connectivity index (χ4v) is 6.71. The van der Waals surface area contributed by atoms with Crippen molar-refractivity contribution in [2.75, 3.05) is 12.8 Å². The number of piperidine rings is 2. The molecule has 14 heteroatoms. The molecule has 1 saturated carbocycles. The predicted molar refractivity (Wildman–Crippen MR) is 141 cm³/mol. The Bertz CT molecular complexity index is 1510. The van der Waals surface area contributed by atoms with Crippen LogP contribution in [0.3, 0.4) is 0 Å². The van der Waals surface area contributed by atoms with Gasteiger partial charge in [0.2, 0.25) is 26.8 Å². The van der Waals surface area contributed by atoms with E-state index in [1.165, 1.54) is 6.07 Å². The van der Waals surface area contributed by atoms with Gasteiger partial charge in [0.25, 0.3) is 11.8 Å². The maximum Gasteiger partial charge on any atom is 0.271 e. The van der Waals surface area contributed by atoms with Gasteiger partial charge in [0.1, 0.15) is 11.7 Å². The van der Waals surface area contributed by atoms with Crippen LogP contribution in [-0.4, -0.2) is 72.9 Å². The summed E-state index contributed by atoms with van der Waals surface area (Å²) in [6.45, 7) is 0.359. The SMILES string of the molecule is CS(=O)(=O)/C(F)=C\[C@H](C[C@@H]1CCNC1=O)NC(=O)[C@@H]1[C@H]2CC[C@H](CC2(F)F)N1C(=O)c1cc2cccc(Cl)c2[nH]1. The average molecular weight is 601 g/mol. The van der Waals surface area contributed by atoms with Crippen LogP contribution in [0.4, 0.5) is 13.2 Å². The molecule has 0 spiro atoms. The molecule has 1 aromatic carbocycles. The predicted octanol–water partition coefficient (Wildman–Crippen LogP) is 3.32. The fraction of sp³-hybridized carbons (Fsp3) is 0.500. The minimum atomic E-state index is -4.27. The Balaban J connectivity index is 1.48. The number of hydrogen-bond donors (Lipinski definition) is 3. The Morgan fingerprint density at radius 1 is 1.27 bits per heavy atom. The van der Waals surface area contributed by atoms with E-state index in [0.29, 0.717) is 41.2 Å². The topological polar surface area (TPSA) is 128 Å². The van der Waals surface area contributed by atoms with Gasteiger partial charge in [-0.1, -0.05) is 23.7 Å². The van der Waals surface area contributed by atoms with E-state index in [2.05, 4.69) is 15.6 Å². The zero-order valence-corrected chi connectivity index (χ0v) is 23.0. The molecular formula is C26H28ClF3N4O5S. The number of nitrogens with zero attached hydrogens (tertiary/aromatic N) is 1. The summed E-state index contributed by atoms with van der Waals surface area (Å²) in [6.07, 6.45) is 1.19. The van der Waals surface area contributed by atoms with Crippen molar-refractivity contribution in [1.29, 1.82) is 0 Å². The first kappa shape index (κ1) is 28.5. The normalized spacial score (nSPS) is 27.1. The minimum Gasteiger partial charge on any atom is -0.356 e. The van der Waals surface area contributed by atoms with Gasteiger partial charge in [0.15, 0.2) is 0 Å². The lowest BCUT2D eigenvalue weighted by atomic mass is 9.71. The number of fused-ring (bicyclic) bond motifs is 4. The van der Waals surface area contributed by atoms with Crippen LogP contribution in [0.5, 0.6) is 0 Å². The number of aromatic amines is 1. The van der Waals surface area contributed by atoms with Crippen molar-refractivity contribution in [3.63, 3.8) is 0 Å². The van der Waals surface area contributed by atoms with E-state index in [0.717, 1.165) is 4.90 Å². The van der Waals surface area contributed by atoms with Crippen LogP contribution in [0.2, 0.25) is 5.02 Å². The number of aromatic nitrogens is 1. The number of H-pyrrole nitrogens is 1. The third kappa shape index (κ3) is 5.32. The summed E-state index contributed by atoms with van der Waals surface area (Å²) in [5, 5.41) is 4.55. The molecule has 40 heavy (non-hydrogen) atoms. The molecule has 4 aliphatic rings. The van der Waals surface area contributed by atoms with E-state index in [4.69, 9.17) is 11.6 Å². The average Bonchev–Trinajstić information content (AvgIpc) is 3.49. The number of nitrogens with one attached hydrogen (secondary N) is 3. The third-order valence-corrected chi connectivity index (χ3v) is 9.15. The lowest BCUT2D eigenvalue weighted by molar-refractivity contribution is -0.179. The highest BCUT2D eigenvalue weighted by Crippen LogP contribution is 2.49. The molecule has 3 aliphatic heterocycles. The molecule has 216 valence electrons. The molecule has 5 atom stereocenters. The van der Waals surface area contributed by atoms with Gasteiger partial charge < -0.3 is 20.5 Å². The van der Waals surface area contributed by atoms with Gasteiger partial charge in [-0.2, -0.15) is 4.39 Å². The van der Waals surface area contributed by atoms with E-state index < -0.39 is 69.1 Å². The zero-order chi connectivity index (χ0) is 29.0. The van der Waals surface area contributed by atoms with Gasteiger partial charge in [0, 0.05) is 36.6 Å². The number of hydrogen-bond acceptors (Lipinski definition) is 5. The summed E-state index contributed by atoms with van der Waals surface area (Å²) in [7, 11) is -4.27. The van der Waals surface area contributed by atoms with Crippen LogP contribution in [-0.2, 0) is 19.4 Å². The smallest absolute Gasteiger partial charge is 0.271 e. The van der Waals surface area contributed by atoms with Gasteiger partial charge >= 0.3 is 0 Å². The lowest BCUT2D eigenvalue weighted by Crippen LogP contribution is -2.68. The van der Waals surface area contributed by atoms with Crippen molar-refractivity contribution >= 4 is 50.1 Å². The lowest BCUT2D eigenvalue weighted by Gasteiger charge is -2.53. The molecule has 3 saturated heterocycles. The number of benzene rings is 1. The first-order valence-corrected chi connectivity index (χ1v) is 15.2. The summed E-state index contributed by atoms with van der Waals surface area (Å²) in [5.74, 6) is -7.37. The highest BCUT2D eigenvalue weighted by molar-refractivity contribution is 7.94. The molecular weight excluding hydrogens is 573 g/mol. The summed E-state index contributed by atoms with van der Waals surface area (Å²) in [5.41, 5.74) is 0.552. The number of rotatable bonds is 7. The van der Waals surface area contributed by atoms with Crippen LogP contribution >= 0.6 is 11.6 Å². The number of halogens is 4. The van der Waals surface area contributed by atoms with Crippen molar-refractivity contribution in [3.8, 4) is 0 Å².